The fraction of sp³-hybridized carbons (Fsp3) is 0. The lowest BCUT2D eigenvalue weighted by Crippen LogP contribution is -1.81. The molecule has 1 nitrogen and oxygen atoms in total. The summed E-state index contributed by atoms with van der Waals surface area (Å²) in [7, 11) is 0. The number of hydrogen-bond acceptors (Lipinski definition) is 1. The molecule has 48 valence electrons. The first kappa shape index (κ1) is 6.78. The van der Waals surface area contributed by atoms with Gasteiger partial charge in [0.05, 0.1) is 5.02 Å². The first-order valence-electron chi connectivity index (χ1n) is 2.17. The number of pyridine rings is 1. The van der Waals surface area contributed by atoms with Crippen LogP contribution in [-0.2, 0) is 0 Å². The van der Waals surface area contributed by atoms with E-state index >= 15 is 0 Å². The van der Waals surface area contributed by atoms with Crippen molar-refractivity contribution in [3.8, 4) is 0 Å². The quantitative estimate of drug-likeness (QED) is 0.539. The van der Waals surface area contributed by atoms with Crippen molar-refractivity contribution in [2.45, 2.75) is 0 Å². The molecule has 0 fully saturated rings. The minimum Gasteiger partial charge on any atom is -0.227 e. The van der Waals surface area contributed by atoms with Crippen molar-refractivity contribution < 1.29 is 4.39 Å². The van der Waals surface area contributed by atoms with E-state index in [9.17, 15) is 4.39 Å². The van der Waals surface area contributed by atoms with Crippen molar-refractivity contribution in [3.05, 3.63) is 28.3 Å². The van der Waals surface area contributed by atoms with Crippen LogP contribution >= 0.6 is 23.2 Å². The monoisotopic (exact) mass is 165 g/mol. The van der Waals surface area contributed by atoms with Gasteiger partial charge in [-0.25, -0.2) is 4.98 Å². The van der Waals surface area contributed by atoms with Gasteiger partial charge < -0.3 is 0 Å². The topological polar surface area (TPSA) is 12.9 Å². The van der Waals surface area contributed by atoms with Gasteiger partial charge in [0, 0.05) is 6.20 Å². The molecular weight excluding hydrogens is 164 g/mol. The third-order valence-corrected chi connectivity index (χ3v) is 1.57. The fourth-order valence-electron chi connectivity index (χ4n) is 0.397. The van der Waals surface area contributed by atoms with Crippen LogP contribution in [0.3, 0.4) is 0 Å². The second-order valence-corrected chi connectivity index (χ2v) is 2.18. The zero-order valence-corrected chi connectivity index (χ0v) is 5.75. The molecule has 0 N–H and O–H groups in total. The molecule has 9 heavy (non-hydrogen) atoms. The van der Waals surface area contributed by atoms with Crippen molar-refractivity contribution in [2.24, 2.45) is 0 Å². The molecule has 0 saturated carbocycles. The Balaban J connectivity index is 3.25. The lowest BCUT2D eigenvalue weighted by atomic mass is 10.5. The molecule has 1 aromatic heterocycles. The Hall–Kier alpha value is -0.340. The van der Waals surface area contributed by atoms with Crippen LogP contribution in [0.5, 0.6) is 0 Å². The van der Waals surface area contributed by atoms with Crippen LogP contribution in [0.4, 0.5) is 4.39 Å². The summed E-state index contributed by atoms with van der Waals surface area (Å²) in [5.74, 6) is -0.732. The normalized spacial score (nSPS) is 9.67. The van der Waals surface area contributed by atoms with Gasteiger partial charge in [0.15, 0.2) is 0 Å². The van der Waals surface area contributed by atoms with E-state index in [1.807, 2.05) is 0 Å². The van der Waals surface area contributed by atoms with Crippen molar-refractivity contribution in [1.82, 2.24) is 4.98 Å². The van der Waals surface area contributed by atoms with E-state index in [0.717, 1.165) is 0 Å². The summed E-state index contributed by atoms with van der Waals surface area (Å²) in [6, 6.07) is 1.42. The molecule has 0 saturated heterocycles. The molecule has 0 spiro atoms. The maximum Gasteiger partial charge on any atom is 0.233 e. The van der Waals surface area contributed by atoms with Crippen molar-refractivity contribution >= 4 is 23.2 Å². The summed E-state index contributed by atoms with van der Waals surface area (Å²) in [5.41, 5.74) is 0. The molecule has 1 heterocycles. The van der Waals surface area contributed by atoms with Gasteiger partial charge in [-0.2, -0.15) is 4.39 Å². The number of aromatic nitrogens is 1. The van der Waals surface area contributed by atoms with E-state index in [0.29, 0.717) is 0 Å². The fourth-order valence-corrected chi connectivity index (χ4v) is 0.643. The van der Waals surface area contributed by atoms with Crippen molar-refractivity contribution in [2.75, 3.05) is 0 Å². The maximum atomic E-state index is 12.3. The number of rotatable bonds is 0. The van der Waals surface area contributed by atoms with Crippen LogP contribution in [0.25, 0.3) is 0 Å². The first-order chi connectivity index (χ1) is 4.22. The Labute approximate surface area is 61.4 Å². The van der Waals surface area contributed by atoms with E-state index in [1.54, 1.807) is 0 Å². The minimum absolute atomic E-state index is 0.126. The third kappa shape index (κ3) is 1.32. The van der Waals surface area contributed by atoms with Crippen molar-refractivity contribution in [1.29, 1.82) is 0 Å². The van der Waals surface area contributed by atoms with Gasteiger partial charge in [-0.3, -0.25) is 0 Å². The number of hydrogen-bond donors (Lipinski definition) is 0. The van der Waals surface area contributed by atoms with Crippen molar-refractivity contribution in [3.63, 3.8) is 0 Å². The maximum absolute atomic E-state index is 12.3. The van der Waals surface area contributed by atoms with E-state index in [-0.39, 0.29) is 10.0 Å². The Morgan fingerprint density at radius 2 is 2.11 bits per heavy atom. The zero-order valence-electron chi connectivity index (χ0n) is 4.24. The van der Waals surface area contributed by atoms with Gasteiger partial charge in [0.25, 0.3) is 0 Å². The molecule has 0 aliphatic rings. The molecule has 0 aromatic carbocycles. The highest BCUT2D eigenvalue weighted by Gasteiger charge is 2.02. The Morgan fingerprint density at radius 1 is 1.44 bits per heavy atom. The average molecular weight is 166 g/mol. The van der Waals surface area contributed by atoms with E-state index in [4.69, 9.17) is 23.2 Å². The van der Waals surface area contributed by atoms with Gasteiger partial charge in [-0.1, -0.05) is 23.2 Å². The van der Waals surface area contributed by atoms with Gasteiger partial charge in [-0.05, 0) is 6.07 Å². The lowest BCUT2D eigenvalue weighted by molar-refractivity contribution is 0.584. The molecule has 0 radical (unpaired) electrons. The highest BCUT2D eigenvalue weighted by Crippen LogP contribution is 2.21. The molecule has 1 aromatic rings. The summed E-state index contributed by atoms with van der Waals surface area (Å²) < 4.78 is 12.3. The van der Waals surface area contributed by atoms with Gasteiger partial charge in [0.2, 0.25) is 5.95 Å². The van der Waals surface area contributed by atoms with Crippen LogP contribution in [0.15, 0.2) is 12.3 Å². The van der Waals surface area contributed by atoms with Crippen LogP contribution in [0.1, 0.15) is 0 Å². The first-order valence-corrected chi connectivity index (χ1v) is 2.93. The molecule has 0 bridgehead atoms. The molecular formula is C5H2Cl2FN. The molecule has 0 aliphatic heterocycles. The second-order valence-electron chi connectivity index (χ2n) is 1.40. The molecule has 4 heteroatoms. The van der Waals surface area contributed by atoms with Crippen LogP contribution in [0.2, 0.25) is 10.0 Å². The van der Waals surface area contributed by atoms with E-state index in [2.05, 4.69) is 4.98 Å². The summed E-state index contributed by atoms with van der Waals surface area (Å²) >= 11 is 10.7. The molecule has 0 unspecified atom stereocenters. The highest BCUT2D eigenvalue weighted by molar-refractivity contribution is 6.41. The zero-order chi connectivity index (χ0) is 6.85. The molecule has 0 aliphatic carbocycles. The van der Waals surface area contributed by atoms with Crippen LogP contribution in [-0.4, -0.2) is 4.98 Å². The largest absolute Gasteiger partial charge is 0.233 e. The van der Waals surface area contributed by atoms with Crippen LogP contribution in [0, 0.1) is 5.95 Å². The number of halogens is 3. The predicted octanol–water partition coefficient (Wildman–Crippen LogP) is 2.53. The van der Waals surface area contributed by atoms with Gasteiger partial charge >= 0.3 is 0 Å². The minimum atomic E-state index is -0.732. The lowest BCUT2D eigenvalue weighted by Gasteiger charge is -1.91. The Bertz CT molecular complexity index is 206. The van der Waals surface area contributed by atoms with Crippen LogP contribution < -0.4 is 0 Å². The summed E-state index contributed by atoms with van der Waals surface area (Å²) in [6.07, 6.45) is 1.25. The van der Waals surface area contributed by atoms with Gasteiger partial charge in [0.1, 0.15) is 5.02 Å². The predicted molar refractivity (Wildman–Crippen MR) is 34.2 cm³/mol. The Kier molecular flexibility index (Phi) is 1.88. The third-order valence-electron chi connectivity index (χ3n) is 0.800. The Morgan fingerprint density at radius 3 is 2.56 bits per heavy atom. The van der Waals surface area contributed by atoms with E-state index < -0.39 is 5.95 Å². The summed E-state index contributed by atoms with van der Waals surface area (Å²) in [4.78, 5) is 3.26. The molecule has 0 amide bonds. The van der Waals surface area contributed by atoms with Gasteiger partial charge in [-0.15, -0.1) is 0 Å². The highest BCUT2D eigenvalue weighted by atomic mass is 35.5. The number of nitrogens with zero attached hydrogens (tertiary/aromatic N) is 1. The summed E-state index contributed by atoms with van der Waals surface area (Å²) in [5, 5.41) is 0.0586. The summed E-state index contributed by atoms with van der Waals surface area (Å²) in [6.45, 7) is 0. The average Bonchev–Trinajstić information content (AvgIpc) is 1.83. The molecule has 0 atom stereocenters. The smallest absolute Gasteiger partial charge is 0.227 e. The SMILES string of the molecule is Fc1nccc(Cl)c1Cl. The van der Waals surface area contributed by atoms with E-state index in [1.165, 1.54) is 12.3 Å². The standard InChI is InChI=1S/C5H2Cl2FN/c6-3-1-2-9-5(8)4(3)7/h1-2H. The molecule has 1 rings (SSSR count). The second kappa shape index (κ2) is 2.50.